The predicted octanol–water partition coefficient (Wildman–Crippen LogP) is 6.20. The number of unbranched alkanes of at least 4 members (excludes halogenated alkanes) is 15. The summed E-state index contributed by atoms with van der Waals surface area (Å²) in [4.78, 5) is 10.8. The maximum absolute atomic E-state index is 10.8. The largest absolute Gasteiger partial charge is 0.396 e. The summed E-state index contributed by atoms with van der Waals surface area (Å²) in [6.07, 6.45) is 21.8. The van der Waals surface area contributed by atoms with Crippen LogP contribution in [0.3, 0.4) is 0 Å². The lowest BCUT2D eigenvalue weighted by Crippen LogP contribution is -1.89. The van der Waals surface area contributed by atoms with Crippen LogP contribution in [-0.2, 0) is 4.79 Å². The van der Waals surface area contributed by atoms with Crippen molar-refractivity contribution < 1.29 is 9.90 Å². The summed E-state index contributed by atoms with van der Waals surface area (Å²) in [5.41, 5.74) is 0. The van der Waals surface area contributed by atoms with Crippen molar-refractivity contribution in [3.63, 3.8) is 0 Å². The molecule has 0 atom stereocenters. The third-order valence-electron chi connectivity index (χ3n) is 4.44. The van der Waals surface area contributed by atoms with Crippen LogP contribution in [0, 0.1) is 0 Å². The molecule has 0 aromatic heterocycles. The first-order valence-corrected chi connectivity index (χ1v) is 9.87. The van der Waals surface area contributed by atoms with Crippen LogP contribution in [0.5, 0.6) is 0 Å². The van der Waals surface area contributed by atoms with Crippen molar-refractivity contribution in [1.29, 1.82) is 0 Å². The van der Waals surface area contributed by atoms with Gasteiger partial charge in [-0.15, -0.1) is 0 Å². The van der Waals surface area contributed by atoms with Gasteiger partial charge in [0.25, 0.3) is 0 Å². The van der Waals surface area contributed by atoms with Gasteiger partial charge in [-0.3, -0.25) is 0 Å². The number of rotatable bonds is 18. The monoisotopic (exact) mass is 312 g/mol. The summed E-state index contributed by atoms with van der Waals surface area (Å²) in [5.74, 6) is 0.338. The fraction of sp³-hybridized carbons (Fsp3) is 0.950. The fourth-order valence-corrected chi connectivity index (χ4v) is 2.96. The molecule has 0 aliphatic carbocycles. The van der Waals surface area contributed by atoms with Crippen molar-refractivity contribution in [3.05, 3.63) is 0 Å². The molecule has 0 amide bonds. The molecule has 0 rings (SSSR count). The molecule has 1 N–H and O–H groups in total. The number of hydrogen-bond donors (Lipinski definition) is 1. The molecule has 2 heteroatoms. The standard InChI is InChI=1S/C20H40O2/c1-20(22)18-16-14-12-10-8-6-4-2-3-5-7-9-11-13-15-17-19-21/h21H,2-19H2,1H3. The molecule has 0 aliphatic heterocycles. The summed E-state index contributed by atoms with van der Waals surface area (Å²) < 4.78 is 0. The van der Waals surface area contributed by atoms with Crippen LogP contribution < -0.4 is 0 Å². The molecule has 0 saturated heterocycles. The summed E-state index contributed by atoms with van der Waals surface area (Å²) in [6, 6.07) is 0. The molecule has 0 saturated carbocycles. The molecule has 0 spiro atoms. The number of aliphatic hydroxyl groups excluding tert-OH is 1. The van der Waals surface area contributed by atoms with Gasteiger partial charge in [0, 0.05) is 13.0 Å². The highest BCUT2D eigenvalue weighted by Gasteiger charge is 1.96. The van der Waals surface area contributed by atoms with Gasteiger partial charge in [-0.05, 0) is 19.8 Å². The Balaban J connectivity index is 2.95. The topological polar surface area (TPSA) is 37.3 Å². The zero-order valence-electron chi connectivity index (χ0n) is 15.1. The highest BCUT2D eigenvalue weighted by atomic mass is 16.2. The first kappa shape index (κ1) is 21.6. The first-order valence-electron chi connectivity index (χ1n) is 9.87. The fourth-order valence-electron chi connectivity index (χ4n) is 2.96. The lowest BCUT2D eigenvalue weighted by Gasteiger charge is -2.03. The van der Waals surface area contributed by atoms with Crippen LogP contribution in [0.15, 0.2) is 0 Å². The molecule has 0 aromatic carbocycles. The van der Waals surface area contributed by atoms with Crippen LogP contribution in [0.1, 0.15) is 116 Å². The number of carbonyl (C=O) groups is 1. The molecular formula is C20H40O2. The van der Waals surface area contributed by atoms with Gasteiger partial charge in [0.15, 0.2) is 0 Å². The third-order valence-corrected chi connectivity index (χ3v) is 4.44. The molecule has 0 unspecified atom stereocenters. The maximum atomic E-state index is 10.8. The Kier molecular flexibility index (Phi) is 18.4. The Morgan fingerprint density at radius 1 is 0.545 bits per heavy atom. The van der Waals surface area contributed by atoms with E-state index in [1.165, 1.54) is 89.9 Å². The Bertz CT molecular complexity index is 226. The van der Waals surface area contributed by atoms with E-state index < -0.39 is 0 Å². The molecule has 0 aromatic rings. The number of Topliss-reactive ketones (excluding diaryl/α,β-unsaturated/α-hetero) is 1. The molecular weight excluding hydrogens is 272 g/mol. The van der Waals surface area contributed by atoms with Gasteiger partial charge in [-0.2, -0.15) is 0 Å². The van der Waals surface area contributed by atoms with Crippen LogP contribution in [0.4, 0.5) is 0 Å². The minimum atomic E-state index is 0.338. The molecule has 0 fully saturated rings. The van der Waals surface area contributed by atoms with Gasteiger partial charge in [0.1, 0.15) is 5.78 Å². The number of carbonyl (C=O) groups excluding carboxylic acids is 1. The highest BCUT2D eigenvalue weighted by molar-refractivity contribution is 5.75. The zero-order chi connectivity index (χ0) is 16.3. The Hall–Kier alpha value is -0.370. The average molecular weight is 313 g/mol. The van der Waals surface area contributed by atoms with E-state index in [0.29, 0.717) is 12.4 Å². The van der Waals surface area contributed by atoms with Crippen LogP contribution in [0.2, 0.25) is 0 Å². The Labute approximate surface area is 139 Å². The smallest absolute Gasteiger partial charge is 0.129 e. The SMILES string of the molecule is CC(=O)CCCCCCCCCCCCCCCCCCO. The average Bonchev–Trinajstić information content (AvgIpc) is 2.50. The van der Waals surface area contributed by atoms with E-state index in [1.54, 1.807) is 6.92 Å². The minimum Gasteiger partial charge on any atom is -0.396 e. The van der Waals surface area contributed by atoms with Crippen molar-refractivity contribution in [1.82, 2.24) is 0 Å². The van der Waals surface area contributed by atoms with Gasteiger partial charge in [0.2, 0.25) is 0 Å². The normalized spacial score (nSPS) is 11.0. The third kappa shape index (κ3) is 19.6. The summed E-state index contributed by atoms with van der Waals surface area (Å²) >= 11 is 0. The lowest BCUT2D eigenvalue weighted by atomic mass is 10.0. The molecule has 0 heterocycles. The van der Waals surface area contributed by atoms with Crippen molar-refractivity contribution in [2.24, 2.45) is 0 Å². The molecule has 0 radical (unpaired) electrons. The van der Waals surface area contributed by atoms with Crippen LogP contribution in [0.25, 0.3) is 0 Å². The second-order valence-electron chi connectivity index (χ2n) is 6.83. The highest BCUT2D eigenvalue weighted by Crippen LogP contribution is 2.13. The van der Waals surface area contributed by atoms with E-state index in [1.807, 2.05) is 0 Å². The van der Waals surface area contributed by atoms with Crippen molar-refractivity contribution in [2.45, 2.75) is 116 Å². The first-order chi connectivity index (χ1) is 10.8. The van der Waals surface area contributed by atoms with Crippen molar-refractivity contribution in [3.8, 4) is 0 Å². The van der Waals surface area contributed by atoms with Crippen molar-refractivity contribution >= 4 is 5.78 Å². The van der Waals surface area contributed by atoms with E-state index in [4.69, 9.17) is 5.11 Å². The van der Waals surface area contributed by atoms with Crippen molar-refractivity contribution in [2.75, 3.05) is 6.61 Å². The molecule has 0 bridgehead atoms. The second kappa shape index (κ2) is 18.7. The minimum absolute atomic E-state index is 0.338. The molecule has 2 nitrogen and oxygen atoms in total. The quantitative estimate of drug-likeness (QED) is 0.306. The van der Waals surface area contributed by atoms with Gasteiger partial charge >= 0.3 is 0 Å². The maximum Gasteiger partial charge on any atom is 0.129 e. The molecule has 22 heavy (non-hydrogen) atoms. The summed E-state index contributed by atoms with van der Waals surface area (Å²) in [5, 5.41) is 8.69. The summed E-state index contributed by atoms with van der Waals surface area (Å²) in [7, 11) is 0. The summed E-state index contributed by atoms with van der Waals surface area (Å²) in [6.45, 7) is 2.05. The molecule has 132 valence electrons. The van der Waals surface area contributed by atoms with Gasteiger partial charge in [-0.25, -0.2) is 0 Å². The van der Waals surface area contributed by atoms with Gasteiger partial charge in [0.05, 0.1) is 0 Å². The van der Waals surface area contributed by atoms with Crippen LogP contribution >= 0.6 is 0 Å². The number of aliphatic hydroxyl groups is 1. The number of hydrogen-bond acceptors (Lipinski definition) is 2. The molecule has 0 aliphatic rings. The predicted molar refractivity (Wildman–Crippen MR) is 96.3 cm³/mol. The van der Waals surface area contributed by atoms with E-state index in [-0.39, 0.29) is 0 Å². The van der Waals surface area contributed by atoms with E-state index >= 15 is 0 Å². The Morgan fingerprint density at radius 2 is 0.818 bits per heavy atom. The second-order valence-corrected chi connectivity index (χ2v) is 6.83. The lowest BCUT2D eigenvalue weighted by molar-refractivity contribution is -0.117. The zero-order valence-corrected chi connectivity index (χ0v) is 15.1. The number of ketones is 1. The van der Waals surface area contributed by atoms with Gasteiger partial charge < -0.3 is 9.90 Å². The van der Waals surface area contributed by atoms with Gasteiger partial charge in [-0.1, -0.05) is 89.9 Å². The van der Waals surface area contributed by atoms with Crippen LogP contribution in [-0.4, -0.2) is 17.5 Å². The van der Waals surface area contributed by atoms with E-state index in [0.717, 1.165) is 19.3 Å². The van der Waals surface area contributed by atoms with E-state index in [9.17, 15) is 4.79 Å². The van der Waals surface area contributed by atoms with E-state index in [2.05, 4.69) is 0 Å². The Morgan fingerprint density at radius 3 is 1.09 bits per heavy atom.